The average molecular weight is 235 g/mol. The van der Waals surface area contributed by atoms with Gasteiger partial charge in [-0.15, -0.1) is 5.10 Å². The quantitative estimate of drug-likeness (QED) is 0.728. The Bertz CT molecular complexity index is 429. The fraction of sp³-hybridized carbons (Fsp3) is 0.727. The van der Waals surface area contributed by atoms with Crippen molar-refractivity contribution < 1.29 is 4.79 Å². The van der Waals surface area contributed by atoms with Gasteiger partial charge >= 0.3 is 0 Å². The molecule has 0 aliphatic carbocycles. The van der Waals surface area contributed by atoms with Gasteiger partial charge in [0.05, 0.1) is 0 Å². The number of hydrogen-bond acceptors (Lipinski definition) is 4. The normalized spacial score (nSPS) is 31.9. The van der Waals surface area contributed by atoms with Crippen molar-refractivity contribution in [2.75, 3.05) is 0 Å². The maximum Gasteiger partial charge on any atom is 0.294 e. The van der Waals surface area contributed by atoms with Gasteiger partial charge in [0, 0.05) is 18.1 Å². The lowest BCUT2D eigenvalue weighted by Crippen LogP contribution is -2.50. The summed E-state index contributed by atoms with van der Waals surface area (Å²) in [6.45, 7) is 1.80. The zero-order valence-corrected chi connectivity index (χ0v) is 9.89. The molecule has 2 unspecified atom stereocenters. The topological polar surface area (TPSA) is 87.9 Å². The SMILES string of the molecule is Cc1nc(C(=O)N2C3CCC2CC(N)C3)n[nH]1. The van der Waals surface area contributed by atoms with Crippen LogP contribution in [0, 0.1) is 6.92 Å². The summed E-state index contributed by atoms with van der Waals surface area (Å²) in [6, 6.07) is 0.815. The van der Waals surface area contributed by atoms with Crippen molar-refractivity contribution in [3.05, 3.63) is 11.6 Å². The highest BCUT2D eigenvalue weighted by molar-refractivity contribution is 5.91. The summed E-state index contributed by atoms with van der Waals surface area (Å²) < 4.78 is 0. The van der Waals surface area contributed by atoms with Crippen LogP contribution in [0.15, 0.2) is 0 Å². The first-order valence-electron chi connectivity index (χ1n) is 6.12. The number of amides is 1. The van der Waals surface area contributed by atoms with E-state index >= 15 is 0 Å². The second-order valence-electron chi connectivity index (χ2n) is 5.07. The van der Waals surface area contributed by atoms with Gasteiger partial charge in [-0.05, 0) is 32.6 Å². The Morgan fingerprint density at radius 2 is 2.06 bits per heavy atom. The molecule has 17 heavy (non-hydrogen) atoms. The number of nitrogens with one attached hydrogen (secondary N) is 1. The average Bonchev–Trinajstić information content (AvgIpc) is 2.81. The maximum atomic E-state index is 12.3. The van der Waals surface area contributed by atoms with Crippen molar-refractivity contribution >= 4 is 5.91 Å². The molecule has 6 heteroatoms. The van der Waals surface area contributed by atoms with Gasteiger partial charge in [0.15, 0.2) is 0 Å². The van der Waals surface area contributed by atoms with Crippen LogP contribution in [0.5, 0.6) is 0 Å². The molecule has 3 N–H and O–H groups in total. The summed E-state index contributed by atoms with van der Waals surface area (Å²) in [6.07, 6.45) is 3.94. The number of aryl methyl sites for hydroxylation is 1. The standard InChI is InChI=1S/C11H17N5O/c1-6-13-10(15-14-6)11(17)16-8-2-3-9(16)5-7(12)4-8/h7-9H,2-5,12H2,1H3,(H,13,14,15). The molecule has 3 heterocycles. The minimum Gasteiger partial charge on any atom is -0.330 e. The zero-order valence-electron chi connectivity index (χ0n) is 9.89. The number of piperidine rings is 1. The predicted octanol–water partition coefficient (Wildman–Crippen LogP) is 0.207. The first-order chi connectivity index (χ1) is 8.15. The fourth-order valence-corrected chi connectivity index (χ4v) is 3.10. The third kappa shape index (κ3) is 1.72. The molecule has 6 nitrogen and oxygen atoms in total. The van der Waals surface area contributed by atoms with E-state index in [0.717, 1.165) is 25.7 Å². The molecular weight excluding hydrogens is 218 g/mol. The molecule has 0 radical (unpaired) electrons. The van der Waals surface area contributed by atoms with Crippen molar-refractivity contribution in [1.82, 2.24) is 20.1 Å². The number of fused-ring (bicyclic) bond motifs is 2. The number of rotatable bonds is 1. The van der Waals surface area contributed by atoms with Crippen LogP contribution in [0.1, 0.15) is 42.1 Å². The third-order valence-corrected chi connectivity index (χ3v) is 3.79. The largest absolute Gasteiger partial charge is 0.330 e. The van der Waals surface area contributed by atoms with Gasteiger partial charge in [0.1, 0.15) is 5.82 Å². The molecular formula is C11H17N5O. The minimum atomic E-state index is -0.0475. The third-order valence-electron chi connectivity index (χ3n) is 3.79. The summed E-state index contributed by atoms with van der Waals surface area (Å²) in [7, 11) is 0. The van der Waals surface area contributed by atoms with Gasteiger partial charge in [-0.3, -0.25) is 9.89 Å². The number of aromatic nitrogens is 3. The van der Waals surface area contributed by atoms with Crippen molar-refractivity contribution in [1.29, 1.82) is 0 Å². The van der Waals surface area contributed by atoms with Gasteiger partial charge in [-0.2, -0.15) is 0 Å². The van der Waals surface area contributed by atoms with Crippen LogP contribution in [0.3, 0.4) is 0 Å². The number of carbonyl (C=O) groups excluding carboxylic acids is 1. The van der Waals surface area contributed by atoms with Gasteiger partial charge < -0.3 is 10.6 Å². The van der Waals surface area contributed by atoms with Crippen molar-refractivity contribution in [2.45, 2.75) is 50.7 Å². The highest BCUT2D eigenvalue weighted by atomic mass is 16.2. The summed E-state index contributed by atoms with van der Waals surface area (Å²) in [5.74, 6) is 0.915. The van der Waals surface area contributed by atoms with Crippen molar-refractivity contribution in [3.63, 3.8) is 0 Å². The second kappa shape index (κ2) is 3.80. The fourth-order valence-electron chi connectivity index (χ4n) is 3.10. The van der Waals surface area contributed by atoms with E-state index in [1.54, 1.807) is 6.92 Å². The molecule has 0 saturated carbocycles. The van der Waals surface area contributed by atoms with Gasteiger partial charge in [-0.1, -0.05) is 0 Å². The molecule has 0 spiro atoms. The Kier molecular flexibility index (Phi) is 2.39. The molecule has 92 valence electrons. The van der Waals surface area contributed by atoms with E-state index in [4.69, 9.17) is 5.73 Å². The molecule has 3 rings (SSSR count). The molecule has 2 atom stereocenters. The van der Waals surface area contributed by atoms with Gasteiger partial charge in [-0.25, -0.2) is 4.98 Å². The molecule has 2 bridgehead atoms. The van der Waals surface area contributed by atoms with Crippen molar-refractivity contribution in [3.8, 4) is 0 Å². The number of H-pyrrole nitrogens is 1. The van der Waals surface area contributed by atoms with Gasteiger partial charge in [0.2, 0.25) is 5.82 Å². The minimum absolute atomic E-state index is 0.0475. The molecule has 2 aliphatic heterocycles. The Balaban J connectivity index is 1.83. The summed E-state index contributed by atoms with van der Waals surface area (Å²) >= 11 is 0. The lowest BCUT2D eigenvalue weighted by Gasteiger charge is -2.36. The molecule has 1 aromatic heterocycles. The van der Waals surface area contributed by atoms with E-state index in [2.05, 4.69) is 15.2 Å². The second-order valence-corrected chi connectivity index (χ2v) is 5.07. The Labute approximate surface area is 99.6 Å². The summed E-state index contributed by atoms with van der Waals surface area (Å²) in [5, 5.41) is 6.66. The molecule has 2 saturated heterocycles. The van der Waals surface area contributed by atoms with E-state index in [9.17, 15) is 4.79 Å². The van der Waals surface area contributed by atoms with Crippen LogP contribution in [-0.4, -0.2) is 44.1 Å². The van der Waals surface area contributed by atoms with Crippen LogP contribution in [0.2, 0.25) is 0 Å². The van der Waals surface area contributed by atoms with Gasteiger partial charge in [0.25, 0.3) is 5.91 Å². The first-order valence-corrected chi connectivity index (χ1v) is 6.12. The number of carbonyl (C=O) groups is 1. The lowest BCUT2D eigenvalue weighted by atomic mass is 9.98. The summed E-state index contributed by atoms with van der Waals surface area (Å²) in [5.41, 5.74) is 5.99. The number of hydrogen-bond donors (Lipinski definition) is 2. The Morgan fingerprint density at radius 1 is 1.41 bits per heavy atom. The van der Waals surface area contributed by atoms with Crippen LogP contribution in [0.25, 0.3) is 0 Å². The zero-order chi connectivity index (χ0) is 12.0. The van der Waals surface area contributed by atoms with Crippen LogP contribution in [0.4, 0.5) is 0 Å². The molecule has 2 fully saturated rings. The van der Waals surface area contributed by atoms with E-state index in [1.807, 2.05) is 4.90 Å². The molecule has 0 aromatic carbocycles. The maximum absolute atomic E-state index is 12.3. The highest BCUT2D eigenvalue weighted by Crippen LogP contribution is 2.35. The highest BCUT2D eigenvalue weighted by Gasteiger charge is 2.43. The van der Waals surface area contributed by atoms with Crippen molar-refractivity contribution in [2.24, 2.45) is 5.73 Å². The van der Waals surface area contributed by atoms with E-state index in [-0.39, 0.29) is 29.9 Å². The molecule has 1 aromatic rings. The van der Waals surface area contributed by atoms with E-state index in [1.165, 1.54) is 0 Å². The van der Waals surface area contributed by atoms with E-state index in [0.29, 0.717) is 5.82 Å². The van der Waals surface area contributed by atoms with Crippen LogP contribution in [-0.2, 0) is 0 Å². The smallest absolute Gasteiger partial charge is 0.294 e. The Morgan fingerprint density at radius 3 is 2.59 bits per heavy atom. The molecule has 1 amide bonds. The number of aromatic amines is 1. The number of nitrogens with two attached hydrogens (primary N) is 1. The first kappa shape index (κ1) is 10.7. The monoisotopic (exact) mass is 235 g/mol. The lowest BCUT2D eigenvalue weighted by molar-refractivity contribution is 0.0563. The molecule has 2 aliphatic rings. The number of nitrogens with zero attached hydrogens (tertiary/aromatic N) is 3. The van der Waals surface area contributed by atoms with E-state index < -0.39 is 0 Å². The Hall–Kier alpha value is -1.43. The summed E-state index contributed by atoms with van der Waals surface area (Å²) in [4.78, 5) is 18.4. The predicted molar refractivity (Wildman–Crippen MR) is 61.3 cm³/mol. The van der Waals surface area contributed by atoms with Crippen LogP contribution >= 0.6 is 0 Å². The van der Waals surface area contributed by atoms with Crippen LogP contribution < -0.4 is 5.73 Å².